The summed E-state index contributed by atoms with van der Waals surface area (Å²) < 4.78 is 19.7. The van der Waals surface area contributed by atoms with Gasteiger partial charge in [0.05, 0.1) is 21.4 Å². The predicted molar refractivity (Wildman–Crippen MR) is 133 cm³/mol. The van der Waals surface area contributed by atoms with Crippen molar-refractivity contribution >= 4 is 46.4 Å². The Balaban J connectivity index is 1.41. The van der Waals surface area contributed by atoms with E-state index in [1.807, 2.05) is 30.3 Å². The molecule has 3 atom stereocenters. The predicted octanol–water partition coefficient (Wildman–Crippen LogP) is 6.44. The minimum atomic E-state index is -1.06. The second-order valence-electron chi connectivity index (χ2n) is 8.48. The molecule has 180 valence electrons. The number of fused-ring (bicyclic) bond motifs is 1. The lowest BCUT2D eigenvalue weighted by molar-refractivity contribution is -0.126. The van der Waals surface area contributed by atoms with Crippen LogP contribution in [0.2, 0.25) is 10.0 Å². The highest BCUT2D eigenvalue weighted by Gasteiger charge is 2.61. The van der Waals surface area contributed by atoms with E-state index in [2.05, 4.69) is 0 Å². The Bertz CT molecular complexity index is 1470. The molecule has 4 aromatic rings. The average Bonchev–Trinajstić information content (AvgIpc) is 3.58. The number of amides is 2. The van der Waals surface area contributed by atoms with Gasteiger partial charge in [0.15, 0.2) is 6.10 Å². The largest absolute Gasteiger partial charge is 0.459 e. The van der Waals surface area contributed by atoms with E-state index in [0.29, 0.717) is 32.8 Å². The van der Waals surface area contributed by atoms with Crippen molar-refractivity contribution in [1.82, 2.24) is 0 Å². The van der Waals surface area contributed by atoms with Crippen molar-refractivity contribution in [2.75, 3.05) is 9.96 Å². The first-order valence-corrected chi connectivity index (χ1v) is 11.9. The van der Waals surface area contributed by atoms with Crippen LogP contribution in [0.4, 0.5) is 15.8 Å². The van der Waals surface area contributed by atoms with E-state index in [4.69, 9.17) is 32.5 Å². The third-order valence-corrected chi connectivity index (χ3v) is 7.07. The van der Waals surface area contributed by atoms with Crippen LogP contribution in [-0.4, -0.2) is 17.9 Å². The Morgan fingerprint density at radius 3 is 2.25 bits per heavy atom. The molecule has 0 N–H and O–H groups in total. The van der Waals surface area contributed by atoms with Gasteiger partial charge in [-0.05, 0) is 66.7 Å². The molecule has 0 spiro atoms. The normalized spacial score (nSPS) is 21.4. The van der Waals surface area contributed by atoms with Crippen LogP contribution in [-0.2, 0) is 14.4 Å². The second kappa shape index (κ2) is 8.78. The SMILES string of the molecule is O=C1[C@H]2[C@@H](c3ccc(-c4ccc(Cl)c(Cl)c4)o3)N(c3ccccc3)O[C@H]2C(=O)N1c1ccc(F)cc1. The number of para-hydroxylation sites is 1. The Labute approximate surface area is 215 Å². The molecular weight excluding hydrogens is 506 g/mol. The molecule has 36 heavy (non-hydrogen) atoms. The molecule has 2 saturated heterocycles. The average molecular weight is 523 g/mol. The highest BCUT2D eigenvalue weighted by molar-refractivity contribution is 6.42. The van der Waals surface area contributed by atoms with Crippen LogP contribution in [0.3, 0.4) is 0 Å². The maximum absolute atomic E-state index is 13.6. The van der Waals surface area contributed by atoms with Gasteiger partial charge in [0, 0.05) is 5.56 Å². The highest BCUT2D eigenvalue weighted by atomic mass is 35.5. The number of rotatable bonds is 4. The first kappa shape index (κ1) is 22.8. The van der Waals surface area contributed by atoms with Crippen LogP contribution >= 0.6 is 23.2 Å². The van der Waals surface area contributed by atoms with Gasteiger partial charge in [-0.3, -0.25) is 14.4 Å². The van der Waals surface area contributed by atoms with Gasteiger partial charge in [0.1, 0.15) is 29.3 Å². The lowest BCUT2D eigenvalue weighted by Gasteiger charge is -2.27. The number of anilines is 2. The van der Waals surface area contributed by atoms with Crippen molar-refractivity contribution in [3.63, 3.8) is 0 Å². The highest BCUT2D eigenvalue weighted by Crippen LogP contribution is 2.48. The number of imide groups is 1. The third kappa shape index (κ3) is 3.67. The van der Waals surface area contributed by atoms with Crippen LogP contribution in [0.5, 0.6) is 0 Å². The van der Waals surface area contributed by atoms with Crippen LogP contribution < -0.4 is 9.96 Å². The van der Waals surface area contributed by atoms with Crippen molar-refractivity contribution in [2.24, 2.45) is 5.92 Å². The molecular formula is C27H17Cl2FN2O4. The van der Waals surface area contributed by atoms with Gasteiger partial charge >= 0.3 is 0 Å². The zero-order valence-corrected chi connectivity index (χ0v) is 20.0. The summed E-state index contributed by atoms with van der Waals surface area (Å²) >= 11 is 12.2. The Morgan fingerprint density at radius 1 is 0.778 bits per heavy atom. The van der Waals surface area contributed by atoms with E-state index in [1.54, 1.807) is 35.4 Å². The fraction of sp³-hybridized carbons (Fsp3) is 0.111. The summed E-state index contributed by atoms with van der Waals surface area (Å²) in [5.41, 5.74) is 1.66. The Kier molecular flexibility index (Phi) is 5.56. The number of benzene rings is 3. The van der Waals surface area contributed by atoms with Crippen LogP contribution in [0.1, 0.15) is 11.8 Å². The van der Waals surface area contributed by atoms with Gasteiger partial charge < -0.3 is 4.42 Å². The maximum atomic E-state index is 13.6. The first-order valence-electron chi connectivity index (χ1n) is 11.1. The Morgan fingerprint density at radius 2 is 1.53 bits per heavy atom. The molecule has 6 rings (SSSR count). The standard InChI is InChI=1S/C27H17Cl2FN2O4/c28-19-11-6-15(14-20(19)29)21-12-13-22(35-21)24-23-25(36-32(24)18-4-2-1-3-5-18)27(34)31(26(23)33)17-9-7-16(30)8-10-17/h1-14,23-25H/t23-,24+,25+/m0/s1. The summed E-state index contributed by atoms with van der Waals surface area (Å²) in [6.07, 6.45) is -1.06. The van der Waals surface area contributed by atoms with Crippen LogP contribution in [0.15, 0.2) is 89.3 Å². The monoisotopic (exact) mass is 522 g/mol. The van der Waals surface area contributed by atoms with Gasteiger partial charge in [-0.1, -0.05) is 41.4 Å². The maximum Gasteiger partial charge on any atom is 0.266 e. The minimum Gasteiger partial charge on any atom is -0.459 e. The summed E-state index contributed by atoms with van der Waals surface area (Å²) in [7, 11) is 0. The van der Waals surface area contributed by atoms with E-state index in [1.165, 1.54) is 24.3 Å². The molecule has 0 radical (unpaired) electrons. The number of carbonyl (C=O) groups is 2. The van der Waals surface area contributed by atoms with E-state index < -0.39 is 35.7 Å². The molecule has 9 heteroatoms. The number of hydrogen-bond acceptors (Lipinski definition) is 5. The molecule has 2 amide bonds. The summed E-state index contributed by atoms with van der Waals surface area (Å²) in [6.45, 7) is 0. The molecule has 3 aromatic carbocycles. The topological polar surface area (TPSA) is 63.0 Å². The molecule has 2 aliphatic heterocycles. The third-order valence-electron chi connectivity index (χ3n) is 6.33. The number of furan rings is 1. The van der Waals surface area contributed by atoms with E-state index in [0.717, 1.165) is 4.90 Å². The zero-order chi connectivity index (χ0) is 25.0. The van der Waals surface area contributed by atoms with Gasteiger partial charge in [-0.15, -0.1) is 0 Å². The fourth-order valence-corrected chi connectivity index (χ4v) is 4.96. The van der Waals surface area contributed by atoms with E-state index >= 15 is 0 Å². The Hall–Kier alpha value is -3.65. The van der Waals surface area contributed by atoms with Crippen molar-refractivity contribution in [2.45, 2.75) is 12.1 Å². The molecule has 0 unspecified atom stereocenters. The minimum absolute atomic E-state index is 0.283. The molecule has 2 fully saturated rings. The van der Waals surface area contributed by atoms with Crippen LogP contribution in [0, 0.1) is 11.7 Å². The van der Waals surface area contributed by atoms with E-state index in [9.17, 15) is 14.0 Å². The first-order chi connectivity index (χ1) is 17.4. The summed E-state index contributed by atoms with van der Waals surface area (Å²) in [6, 6.07) is 22.3. The molecule has 6 nitrogen and oxygen atoms in total. The summed E-state index contributed by atoms with van der Waals surface area (Å²) in [4.78, 5) is 34.1. The molecule has 0 saturated carbocycles. The molecule has 1 aromatic heterocycles. The zero-order valence-electron chi connectivity index (χ0n) is 18.5. The van der Waals surface area contributed by atoms with Gasteiger partial charge in [-0.25, -0.2) is 14.4 Å². The van der Waals surface area contributed by atoms with Crippen molar-refractivity contribution in [3.8, 4) is 11.3 Å². The van der Waals surface area contributed by atoms with Gasteiger partial charge in [0.2, 0.25) is 5.91 Å². The number of hydrogen-bond donors (Lipinski definition) is 0. The van der Waals surface area contributed by atoms with Crippen molar-refractivity contribution < 1.29 is 23.2 Å². The van der Waals surface area contributed by atoms with Crippen molar-refractivity contribution in [1.29, 1.82) is 0 Å². The fourth-order valence-electron chi connectivity index (χ4n) is 4.66. The number of hydroxylamine groups is 1. The smallest absolute Gasteiger partial charge is 0.266 e. The second-order valence-corrected chi connectivity index (χ2v) is 9.29. The number of halogens is 3. The molecule has 3 heterocycles. The van der Waals surface area contributed by atoms with Crippen molar-refractivity contribution in [3.05, 3.63) is 107 Å². The quantitative estimate of drug-likeness (QED) is 0.288. The summed E-state index contributed by atoms with van der Waals surface area (Å²) in [5, 5.41) is 2.35. The molecule has 0 bridgehead atoms. The summed E-state index contributed by atoms with van der Waals surface area (Å²) in [5.74, 6) is -1.35. The molecule has 2 aliphatic rings. The number of nitrogens with zero attached hydrogens (tertiary/aromatic N) is 2. The number of carbonyl (C=O) groups excluding carboxylic acids is 2. The van der Waals surface area contributed by atoms with Crippen LogP contribution in [0.25, 0.3) is 11.3 Å². The van der Waals surface area contributed by atoms with Gasteiger partial charge in [0.25, 0.3) is 5.91 Å². The lowest BCUT2D eigenvalue weighted by atomic mass is 9.94. The lowest BCUT2D eigenvalue weighted by Crippen LogP contribution is -2.37. The molecule has 0 aliphatic carbocycles. The van der Waals surface area contributed by atoms with Gasteiger partial charge in [-0.2, -0.15) is 0 Å². The van der Waals surface area contributed by atoms with E-state index in [-0.39, 0.29) is 5.69 Å².